The quantitative estimate of drug-likeness (QED) is 0.698. The molecule has 3 nitrogen and oxygen atoms in total. The van der Waals surface area contributed by atoms with Crippen molar-refractivity contribution in [1.29, 1.82) is 0 Å². The summed E-state index contributed by atoms with van der Waals surface area (Å²) in [5.41, 5.74) is 0.771. The monoisotopic (exact) mass is 250 g/mol. The Morgan fingerprint density at radius 2 is 1.89 bits per heavy atom. The lowest BCUT2D eigenvalue weighted by Crippen LogP contribution is -2.36. The van der Waals surface area contributed by atoms with Crippen LogP contribution < -0.4 is 15.6 Å². The van der Waals surface area contributed by atoms with Crippen LogP contribution in [-0.4, -0.2) is 6.10 Å². The summed E-state index contributed by atoms with van der Waals surface area (Å²) in [7, 11) is 0. The molecule has 1 rings (SSSR count). The van der Waals surface area contributed by atoms with E-state index >= 15 is 0 Å². The molecule has 1 aromatic carbocycles. The Hall–Kier alpha value is -1.38. The first-order valence-electron chi connectivity index (χ1n) is 6.70. The van der Waals surface area contributed by atoms with Crippen molar-refractivity contribution in [1.82, 2.24) is 0 Å². The van der Waals surface area contributed by atoms with Gasteiger partial charge < -0.3 is 4.74 Å². The van der Waals surface area contributed by atoms with E-state index < -0.39 is 10.9 Å². The number of unbranched alkanes of at least 4 members (excludes halogenated alkanes) is 1. The minimum Gasteiger partial charge on any atom is -0.486 e. The Morgan fingerprint density at radius 1 is 1.22 bits per heavy atom. The summed E-state index contributed by atoms with van der Waals surface area (Å²) in [5.74, 6) is 0.248. The topological polar surface area (TPSA) is 43.4 Å². The Bertz CT molecular complexity index is 488. The SMILES string of the molecule is CCCC/C(=C\c1c(OC(C)C)c(=O)c1=O)CC. The van der Waals surface area contributed by atoms with Crippen LogP contribution in [0.3, 0.4) is 0 Å². The van der Waals surface area contributed by atoms with Gasteiger partial charge in [0.05, 0.1) is 11.7 Å². The van der Waals surface area contributed by atoms with E-state index in [1.165, 1.54) is 5.57 Å². The first kappa shape index (κ1) is 14.7. The molecular weight excluding hydrogens is 228 g/mol. The normalized spacial score (nSPS) is 12.4. The fourth-order valence-electron chi connectivity index (χ4n) is 1.83. The van der Waals surface area contributed by atoms with Gasteiger partial charge in [0.15, 0.2) is 5.75 Å². The highest BCUT2D eigenvalue weighted by Crippen LogP contribution is 2.20. The maximum absolute atomic E-state index is 11.5. The maximum Gasteiger partial charge on any atom is 0.268 e. The van der Waals surface area contributed by atoms with Crippen LogP contribution in [0, 0.1) is 0 Å². The van der Waals surface area contributed by atoms with Crippen LogP contribution in [0.5, 0.6) is 5.75 Å². The van der Waals surface area contributed by atoms with Crippen molar-refractivity contribution in [2.24, 2.45) is 0 Å². The molecule has 0 radical (unpaired) electrons. The number of rotatable bonds is 7. The summed E-state index contributed by atoms with van der Waals surface area (Å²) >= 11 is 0. The first-order chi connectivity index (χ1) is 8.51. The van der Waals surface area contributed by atoms with Crippen LogP contribution in [0.1, 0.15) is 58.9 Å². The molecule has 0 amide bonds. The highest BCUT2D eigenvalue weighted by atomic mass is 16.5. The summed E-state index contributed by atoms with van der Waals surface area (Å²) < 4.78 is 5.40. The van der Waals surface area contributed by atoms with Gasteiger partial charge in [-0.15, -0.1) is 0 Å². The molecule has 1 aromatic rings. The molecule has 0 heterocycles. The van der Waals surface area contributed by atoms with E-state index in [0.717, 1.165) is 25.7 Å². The fourth-order valence-corrected chi connectivity index (χ4v) is 1.83. The second kappa shape index (κ2) is 6.53. The lowest BCUT2D eigenvalue weighted by molar-refractivity contribution is 0.236. The molecule has 18 heavy (non-hydrogen) atoms. The van der Waals surface area contributed by atoms with Gasteiger partial charge in [-0.25, -0.2) is 0 Å². The van der Waals surface area contributed by atoms with Crippen LogP contribution in [0.2, 0.25) is 0 Å². The van der Waals surface area contributed by atoms with Crippen LogP contribution in [-0.2, 0) is 0 Å². The molecule has 0 atom stereocenters. The van der Waals surface area contributed by atoms with E-state index in [1.807, 2.05) is 19.9 Å². The summed E-state index contributed by atoms with van der Waals surface area (Å²) in [6.07, 6.45) is 5.87. The number of allylic oxidation sites excluding steroid dienone is 1. The van der Waals surface area contributed by atoms with Gasteiger partial charge in [0.2, 0.25) is 5.43 Å². The van der Waals surface area contributed by atoms with E-state index in [4.69, 9.17) is 4.74 Å². The van der Waals surface area contributed by atoms with Crippen LogP contribution >= 0.6 is 0 Å². The maximum atomic E-state index is 11.5. The minimum atomic E-state index is -0.485. The van der Waals surface area contributed by atoms with Crippen LogP contribution in [0.15, 0.2) is 15.2 Å². The van der Waals surface area contributed by atoms with Gasteiger partial charge in [0.1, 0.15) is 0 Å². The van der Waals surface area contributed by atoms with Gasteiger partial charge in [-0.3, -0.25) is 9.59 Å². The summed E-state index contributed by atoms with van der Waals surface area (Å²) in [5, 5.41) is 0. The lowest BCUT2D eigenvalue weighted by atomic mass is 10.00. The first-order valence-corrected chi connectivity index (χ1v) is 6.70. The summed E-state index contributed by atoms with van der Waals surface area (Å²) in [6.45, 7) is 7.90. The smallest absolute Gasteiger partial charge is 0.268 e. The largest absolute Gasteiger partial charge is 0.486 e. The molecule has 0 unspecified atom stereocenters. The average molecular weight is 250 g/mol. The molecule has 100 valence electrons. The zero-order valence-corrected chi connectivity index (χ0v) is 11.7. The zero-order chi connectivity index (χ0) is 13.7. The van der Waals surface area contributed by atoms with E-state index in [1.54, 1.807) is 0 Å². The highest BCUT2D eigenvalue weighted by Gasteiger charge is 2.21. The van der Waals surface area contributed by atoms with E-state index in [0.29, 0.717) is 5.56 Å². The van der Waals surface area contributed by atoms with Crippen molar-refractivity contribution in [3.8, 4) is 5.75 Å². The highest BCUT2D eigenvalue weighted by molar-refractivity contribution is 5.63. The molecule has 0 N–H and O–H groups in total. The van der Waals surface area contributed by atoms with Gasteiger partial charge in [-0.1, -0.05) is 25.8 Å². The van der Waals surface area contributed by atoms with Gasteiger partial charge in [-0.2, -0.15) is 0 Å². The van der Waals surface area contributed by atoms with Crippen molar-refractivity contribution >= 4 is 6.08 Å². The third-order valence-electron chi connectivity index (χ3n) is 2.91. The molecule has 0 spiro atoms. The van der Waals surface area contributed by atoms with Crippen molar-refractivity contribution < 1.29 is 4.74 Å². The molecule has 0 aliphatic heterocycles. The van der Waals surface area contributed by atoms with E-state index in [2.05, 4.69) is 13.8 Å². The molecular formula is C15H22O3. The Kier molecular flexibility index (Phi) is 5.32. The van der Waals surface area contributed by atoms with E-state index in [9.17, 15) is 9.59 Å². The fraction of sp³-hybridized carbons (Fsp3) is 0.600. The van der Waals surface area contributed by atoms with Gasteiger partial charge in [0, 0.05) is 0 Å². The van der Waals surface area contributed by atoms with E-state index in [-0.39, 0.29) is 11.9 Å². The Morgan fingerprint density at radius 3 is 2.39 bits per heavy atom. The van der Waals surface area contributed by atoms with Crippen molar-refractivity contribution in [2.75, 3.05) is 0 Å². The predicted molar refractivity (Wildman–Crippen MR) is 74.9 cm³/mol. The number of hydrogen-bond acceptors (Lipinski definition) is 3. The summed E-state index contributed by atoms with van der Waals surface area (Å²) in [4.78, 5) is 23.0. The number of ether oxygens (including phenoxy) is 1. The third kappa shape index (κ3) is 3.31. The standard InChI is InChI=1S/C15H22O3/c1-5-7-8-11(6-2)9-12-13(16)14(17)15(12)18-10(3)4/h9-10H,5-8H2,1-4H3/b11-9-. The molecule has 0 aliphatic rings. The number of hydrogen-bond donors (Lipinski definition) is 0. The Balaban J connectivity index is 2.95. The van der Waals surface area contributed by atoms with Crippen LogP contribution in [0.4, 0.5) is 0 Å². The van der Waals surface area contributed by atoms with Gasteiger partial charge >= 0.3 is 0 Å². The minimum absolute atomic E-state index is 0.0823. The molecule has 3 heteroatoms. The molecule has 0 saturated heterocycles. The van der Waals surface area contributed by atoms with Crippen molar-refractivity contribution in [3.63, 3.8) is 0 Å². The van der Waals surface area contributed by atoms with Crippen molar-refractivity contribution in [2.45, 2.75) is 59.5 Å². The lowest BCUT2D eigenvalue weighted by Gasteiger charge is -2.14. The second-order valence-electron chi connectivity index (χ2n) is 4.83. The molecule has 0 aliphatic carbocycles. The zero-order valence-electron chi connectivity index (χ0n) is 11.7. The predicted octanol–water partition coefficient (Wildman–Crippen LogP) is 3.05. The van der Waals surface area contributed by atoms with Gasteiger partial charge in [-0.05, 0) is 39.2 Å². The van der Waals surface area contributed by atoms with Crippen LogP contribution in [0.25, 0.3) is 6.08 Å². The third-order valence-corrected chi connectivity index (χ3v) is 2.91. The molecule has 0 fully saturated rings. The average Bonchev–Trinajstić information content (AvgIpc) is 2.36. The van der Waals surface area contributed by atoms with Gasteiger partial charge in [0.25, 0.3) is 5.43 Å². The second-order valence-corrected chi connectivity index (χ2v) is 4.83. The van der Waals surface area contributed by atoms with Crippen molar-refractivity contribution in [3.05, 3.63) is 31.6 Å². The molecule has 0 bridgehead atoms. The molecule has 0 saturated carbocycles. The summed E-state index contributed by atoms with van der Waals surface area (Å²) in [6, 6.07) is 0. The Labute approximate surface area is 108 Å². The molecule has 0 aromatic heterocycles.